The highest BCUT2D eigenvalue weighted by Gasteiger charge is 2.18. The molecule has 32 heavy (non-hydrogen) atoms. The first-order chi connectivity index (χ1) is 15.5. The molecule has 0 radical (unpaired) electrons. The molecule has 0 unspecified atom stereocenters. The Balaban J connectivity index is 1.56. The molecule has 164 valence electrons. The normalized spacial score (nSPS) is 10.8. The molecule has 0 aliphatic carbocycles. The van der Waals surface area contributed by atoms with Crippen molar-refractivity contribution < 1.29 is 9.53 Å². The maximum absolute atomic E-state index is 12.6. The molecule has 4 rings (SSSR count). The lowest BCUT2D eigenvalue weighted by Gasteiger charge is -2.11. The Kier molecular flexibility index (Phi) is 7.29. The molecule has 0 atom stereocenters. The van der Waals surface area contributed by atoms with Crippen LogP contribution in [0.3, 0.4) is 0 Å². The number of aryl methyl sites for hydroxylation is 1. The average Bonchev–Trinajstić information content (AvgIpc) is 3.45. The number of hydrogen-bond donors (Lipinski definition) is 1. The van der Waals surface area contributed by atoms with Gasteiger partial charge in [-0.1, -0.05) is 23.9 Å². The fourth-order valence-corrected chi connectivity index (χ4v) is 5.10. The van der Waals surface area contributed by atoms with Crippen molar-refractivity contribution in [2.75, 3.05) is 17.7 Å². The van der Waals surface area contributed by atoms with Gasteiger partial charge in [-0.15, -0.1) is 21.5 Å². The second-order valence-electron chi connectivity index (χ2n) is 6.87. The van der Waals surface area contributed by atoms with Crippen LogP contribution in [-0.2, 0) is 4.79 Å². The van der Waals surface area contributed by atoms with Gasteiger partial charge < -0.3 is 10.1 Å². The topological polar surface area (TPSA) is 69.0 Å². The van der Waals surface area contributed by atoms with Crippen LogP contribution in [0.25, 0.3) is 16.4 Å². The fraction of sp³-hybridized carbons (Fsp3) is 0.174. The molecule has 0 saturated carbocycles. The van der Waals surface area contributed by atoms with Crippen molar-refractivity contribution in [1.29, 1.82) is 0 Å². The Hall–Kier alpha value is -2.62. The average molecular weight is 529 g/mol. The van der Waals surface area contributed by atoms with Crippen molar-refractivity contribution in [3.05, 3.63) is 70.0 Å². The van der Waals surface area contributed by atoms with Crippen LogP contribution in [0.4, 0.5) is 5.69 Å². The van der Waals surface area contributed by atoms with Gasteiger partial charge in [-0.05, 0) is 83.2 Å². The number of anilines is 1. The minimum atomic E-state index is -0.113. The Bertz CT molecular complexity index is 1210. The molecule has 9 heteroatoms. The minimum absolute atomic E-state index is 0.113. The number of nitrogens with one attached hydrogen (secondary N) is 1. The van der Waals surface area contributed by atoms with E-state index in [-0.39, 0.29) is 11.7 Å². The van der Waals surface area contributed by atoms with Gasteiger partial charge in [-0.2, -0.15) is 0 Å². The number of nitrogens with zero attached hydrogens (tertiary/aromatic N) is 3. The zero-order valence-corrected chi connectivity index (χ0v) is 20.8. The summed E-state index contributed by atoms with van der Waals surface area (Å²) in [6.45, 7) is 4.57. The van der Waals surface area contributed by atoms with E-state index in [0.29, 0.717) is 11.8 Å². The molecule has 0 spiro atoms. The van der Waals surface area contributed by atoms with Crippen molar-refractivity contribution in [1.82, 2.24) is 14.8 Å². The van der Waals surface area contributed by atoms with Gasteiger partial charge in [0, 0.05) is 4.47 Å². The van der Waals surface area contributed by atoms with Crippen LogP contribution in [0, 0.1) is 6.92 Å². The maximum atomic E-state index is 12.6. The van der Waals surface area contributed by atoms with Crippen LogP contribution < -0.4 is 10.1 Å². The SMILES string of the molecule is CCOc1ccc(-n2c(SCC(=O)Nc3ccc(C)cc3Br)nnc2-c2cccs2)cc1. The number of halogens is 1. The molecule has 0 saturated heterocycles. The third-order valence-corrected chi connectivity index (χ3v) is 6.96. The largest absolute Gasteiger partial charge is 0.494 e. The first kappa shape index (κ1) is 22.6. The number of hydrogen-bond acceptors (Lipinski definition) is 6. The van der Waals surface area contributed by atoms with Crippen LogP contribution in [0.2, 0.25) is 0 Å². The van der Waals surface area contributed by atoms with E-state index in [1.165, 1.54) is 11.8 Å². The lowest BCUT2D eigenvalue weighted by molar-refractivity contribution is -0.113. The Morgan fingerprint density at radius 2 is 2.00 bits per heavy atom. The highest BCUT2D eigenvalue weighted by molar-refractivity contribution is 9.10. The van der Waals surface area contributed by atoms with Crippen molar-refractivity contribution in [3.63, 3.8) is 0 Å². The summed E-state index contributed by atoms with van der Waals surface area (Å²) in [7, 11) is 0. The second-order valence-corrected chi connectivity index (χ2v) is 9.61. The van der Waals surface area contributed by atoms with Crippen molar-refractivity contribution >= 4 is 50.6 Å². The quantitative estimate of drug-likeness (QED) is 0.276. The number of thiophene rings is 1. The Morgan fingerprint density at radius 1 is 1.19 bits per heavy atom. The zero-order chi connectivity index (χ0) is 22.5. The van der Waals surface area contributed by atoms with E-state index in [9.17, 15) is 4.79 Å². The first-order valence-corrected chi connectivity index (χ1v) is 12.6. The number of benzene rings is 2. The number of aromatic nitrogens is 3. The summed E-state index contributed by atoms with van der Waals surface area (Å²) in [4.78, 5) is 13.6. The van der Waals surface area contributed by atoms with Crippen LogP contribution in [0.5, 0.6) is 5.75 Å². The molecule has 2 aromatic carbocycles. The van der Waals surface area contributed by atoms with E-state index in [4.69, 9.17) is 4.74 Å². The summed E-state index contributed by atoms with van der Waals surface area (Å²) in [6.07, 6.45) is 0. The van der Waals surface area contributed by atoms with Gasteiger partial charge in [-0.3, -0.25) is 9.36 Å². The van der Waals surface area contributed by atoms with Crippen LogP contribution in [-0.4, -0.2) is 33.0 Å². The van der Waals surface area contributed by atoms with Gasteiger partial charge in [0.1, 0.15) is 5.75 Å². The van der Waals surface area contributed by atoms with Crippen molar-refractivity contribution in [3.8, 4) is 22.1 Å². The molecule has 0 bridgehead atoms. The molecule has 0 aliphatic heterocycles. The highest BCUT2D eigenvalue weighted by Crippen LogP contribution is 2.31. The van der Waals surface area contributed by atoms with E-state index < -0.39 is 0 Å². The molecule has 0 aliphatic rings. The minimum Gasteiger partial charge on any atom is -0.494 e. The van der Waals surface area contributed by atoms with Gasteiger partial charge in [0.15, 0.2) is 11.0 Å². The smallest absolute Gasteiger partial charge is 0.234 e. The van der Waals surface area contributed by atoms with Crippen molar-refractivity contribution in [2.45, 2.75) is 19.0 Å². The van der Waals surface area contributed by atoms with Crippen LogP contribution in [0.15, 0.2) is 69.6 Å². The van der Waals surface area contributed by atoms with Crippen LogP contribution >= 0.6 is 39.0 Å². The third-order valence-electron chi connectivity index (χ3n) is 4.51. The van der Waals surface area contributed by atoms with Gasteiger partial charge in [-0.25, -0.2) is 0 Å². The second kappa shape index (κ2) is 10.3. The summed E-state index contributed by atoms with van der Waals surface area (Å²) in [5, 5.41) is 14.4. The lowest BCUT2D eigenvalue weighted by atomic mass is 10.2. The molecule has 2 heterocycles. The molecule has 2 aromatic heterocycles. The predicted molar refractivity (Wildman–Crippen MR) is 134 cm³/mol. The van der Waals surface area contributed by atoms with E-state index in [1.807, 2.05) is 78.4 Å². The molecular formula is C23H21BrN4O2S2. The number of carbonyl (C=O) groups is 1. The third kappa shape index (κ3) is 5.23. The van der Waals surface area contributed by atoms with Gasteiger partial charge in [0.25, 0.3) is 0 Å². The number of rotatable bonds is 8. The Morgan fingerprint density at radius 3 is 2.69 bits per heavy atom. The predicted octanol–water partition coefficient (Wildman–Crippen LogP) is 6.20. The summed E-state index contributed by atoms with van der Waals surface area (Å²) >= 11 is 6.44. The highest BCUT2D eigenvalue weighted by atomic mass is 79.9. The van der Waals surface area contributed by atoms with E-state index in [1.54, 1.807) is 11.3 Å². The van der Waals surface area contributed by atoms with Gasteiger partial charge in [0.2, 0.25) is 5.91 Å². The van der Waals surface area contributed by atoms with Gasteiger partial charge in [0.05, 0.1) is 28.6 Å². The van der Waals surface area contributed by atoms with E-state index in [2.05, 4.69) is 31.4 Å². The first-order valence-electron chi connectivity index (χ1n) is 9.96. The number of carbonyl (C=O) groups excluding carboxylic acids is 1. The summed E-state index contributed by atoms with van der Waals surface area (Å²) in [5.41, 5.74) is 2.77. The summed E-state index contributed by atoms with van der Waals surface area (Å²) < 4.78 is 8.39. The zero-order valence-electron chi connectivity index (χ0n) is 17.5. The molecule has 0 fully saturated rings. The summed E-state index contributed by atoms with van der Waals surface area (Å²) in [6, 6.07) is 17.6. The summed E-state index contributed by atoms with van der Waals surface area (Å²) in [5.74, 6) is 1.64. The number of ether oxygens (including phenoxy) is 1. The number of thioether (sulfide) groups is 1. The molecular weight excluding hydrogens is 508 g/mol. The molecule has 1 amide bonds. The maximum Gasteiger partial charge on any atom is 0.234 e. The van der Waals surface area contributed by atoms with E-state index in [0.717, 1.165) is 37.9 Å². The lowest BCUT2D eigenvalue weighted by Crippen LogP contribution is -2.15. The fourth-order valence-electron chi connectivity index (χ4n) is 3.06. The Labute approximate surface area is 203 Å². The molecule has 6 nitrogen and oxygen atoms in total. The van der Waals surface area contributed by atoms with Crippen LogP contribution in [0.1, 0.15) is 12.5 Å². The van der Waals surface area contributed by atoms with Gasteiger partial charge >= 0.3 is 0 Å². The molecule has 4 aromatic rings. The number of amides is 1. The van der Waals surface area contributed by atoms with E-state index >= 15 is 0 Å². The monoisotopic (exact) mass is 528 g/mol. The standard InChI is InChI=1S/C23H21BrN4O2S2/c1-3-30-17-9-7-16(8-10-17)28-22(20-5-4-12-31-20)26-27-23(28)32-14-21(29)25-19-11-6-15(2)13-18(19)24/h4-13H,3,14H2,1-2H3,(H,25,29). The molecule has 1 N–H and O–H groups in total. The van der Waals surface area contributed by atoms with Crippen molar-refractivity contribution in [2.24, 2.45) is 0 Å².